The monoisotopic (exact) mass is 443 g/mol. The van der Waals surface area contributed by atoms with E-state index >= 15 is 0 Å². The van der Waals surface area contributed by atoms with Gasteiger partial charge in [-0.25, -0.2) is 13.8 Å². The van der Waals surface area contributed by atoms with Crippen LogP contribution in [-0.4, -0.2) is 52.8 Å². The molecule has 2 heterocycles. The summed E-state index contributed by atoms with van der Waals surface area (Å²) in [5.41, 5.74) is 0.365. The van der Waals surface area contributed by atoms with E-state index in [9.17, 15) is 13.6 Å². The summed E-state index contributed by atoms with van der Waals surface area (Å²) in [6.07, 6.45) is 2.46. The van der Waals surface area contributed by atoms with Crippen molar-refractivity contribution in [2.24, 2.45) is 0 Å². The predicted molar refractivity (Wildman–Crippen MR) is 114 cm³/mol. The lowest BCUT2D eigenvalue weighted by Crippen LogP contribution is -2.33. The molecule has 0 aliphatic heterocycles. The fraction of sp³-hybridized carbons (Fsp3) is 0.421. The third-order valence-corrected chi connectivity index (χ3v) is 5.25. The highest BCUT2D eigenvalue weighted by atomic mass is 35.5. The van der Waals surface area contributed by atoms with Crippen LogP contribution < -0.4 is 4.90 Å². The highest BCUT2D eigenvalue weighted by Crippen LogP contribution is 2.32. The molecular weight excluding hydrogens is 420 g/mol. The molecule has 158 valence electrons. The minimum absolute atomic E-state index is 0. The summed E-state index contributed by atoms with van der Waals surface area (Å²) in [5, 5.41) is 4.68. The molecule has 0 unspecified atom stereocenters. The molecule has 10 heteroatoms. The minimum atomic E-state index is -0.734. The molecule has 3 rings (SSSR count). The first-order valence-corrected chi connectivity index (χ1v) is 9.85. The molecule has 0 radical (unpaired) electrons. The number of benzene rings is 1. The molecule has 0 aliphatic carbocycles. The van der Waals surface area contributed by atoms with E-state index in [1.807, 2.05) is 32.8 Å². The van der Waals surface area contributed by atoms with Gasteiger partial charge in [-0.05, 0) is 53.0 Å². The van der Waals surface area contributed by atoms with E-state index in [2.05, 4.69) is 10.1 Å². The van der Waals surface area contributed by atoms with E-state index in [1.165, 1.54) is 11.0 Å². The van der Waals surface area contributed by atoms with Crippen molar-refractivity contribution in [3.63, 3.8) is 0 Å². The fourth-order valence-electron chi connectivity index (χ4n) is 2.77. The van der Waals surface area contributed by atoms with Crippen molar-refractivity contribution in [1.82, 2.24) is 19.7 Å². The Morgan fingerprint density at radius 2 is 1.97 bits per heavy atom. The first-order valence-electron chi connectivity index (χ1n) is 9.03. The molecule has 0 aliphatic rings. The number of amides is 1. The number of thiazole rings is 1. The molecule has 0 atom stereocenters. The Morgan fingerprint density at radius 3 is 2.59 bits per heavy atom. The van der Waals surface area contributed by atoms with Crippen molar-refractivity contribution in [2.75, 3.05) is 32.1 Å². The fourth-order valence-corrected chi connectivity index (χ4v) is 3.80. The van der Waals surface area contributed by atoms with Gasteiger partial charge in [0.25, 0.3) is 5.91 Å². The zero-order valence-electron chi connectivity index (χ0n) is 16.7. The maximum absolute atomic E-state index is 14.1. The van der Waals surface area contributed by atoms with Gasteiger partial charge < -0.3 is 4.90 Å². The van der Waals surface area contributed by atoms with Crippen molar-refractivity contribution in [2.45, 2.75) is 26.3 Å². The average Bonchev–Trinajstić information content (AvgIpc) is 3.25. The lowest BCUT2D eigenvalue weighted by Gasteiger charge is -2.20. The van der Waals surface area contributed by atoms with Gasteiger partial charge in [0.05, 0.1) is 4.70 Å². The quantitative estimate of drug-likeness (QED) is 0.544. The van der Waals surface area contributed by atoms with Crippen LogP contribution in [0.25, 0.3) is 10.2 Å². The largest absolute Gasteiger partial charge is 0.309 e. The topological polar surface area (TPSA) is 54.3 Å². The van der Waals surface area contributed by atoms with Crippen LogP contribution in [0.5, 0.6) is 0 Å². The maximum atomic E-state index is 14.1. The van der Waals surface area contributed by atoms with Crippen molar-refractivity contribution in [3.8, 4) is 0 Å². The molecule has 0 bridgehead atoms. The highest BCUT2D eigenvalue weighted by molar-refractivity contribution is 7.22. The van der Waals surface area contributed by atoms with E-state index in [0.29, 0.717) is 28.5 Å². The normalized spacial score (nSPS) is 11.3. The van der Waals surface area contributed by atoms with Gasteiger partial charge in [0.2, 0.25) is 0 Å². The first kappa shape index (κ1) is 23.2. The van der Waals surface area contributed by atoms with E-state index < -0.39 is 11.6 Å². The Hall–Kier alpha value is -2.10. The Labute approximate surface area is 178 Å². The smallest absolute Gasteiger partial charge is 0.280 e. The van der Waals surface area contributed by atoms with Gasteiger partial charge in [0, 0.05) is 24.8 Å². The second-order valence-corrected chi connectivity index (χ2v) is 8.13. The lowest BCUT2D eigenvalue weighted by molar-refractivity contribution is 0.0980. The maximum Gasteiger partial charge on any atom is 0.280 e. The number of halogens is 3. The predicted octanol–water partition coefficient (Wildman–Crippen LogP) is 4.37. The van der Waals surface area contributed by atoms with Crippen LogP contribution in [0.15, 0.2) is 24.4 Å². The van der Waals surface area contributed by atoms with E-state index in [1.54, 1.807) is 16.9 Å². The number of carbonyl (C=O) groups is 1. The zero-order chi connectivity index (χ0) is 20.4. The summed E-state index contributed by atoms with van der Waals surface area (Å²) in [6, 6.07) is 3.82. The molecule has 0 N–H and O–H groups in total. The summed E-state index contributed by atoms with van der Waals surface area (Å²) in [6.45, 7) is 5.12. The molecule has 6 nitrogen and oxygen atoms in total. The molecule has 0 saturated heterocycles. The number of rotatable bonds is 7. The van der Waals surface area contributed by atoms with Gasteiger partial charge in [0.15, 0.2) is 16.6 Å². The van der Waals surface area contributed by atoms with Gasteiger partial charge in [0.1, 0.15) is 11.3 Å². The highest BCUT2D eigenvalue weighted by Gasteiger charge is 2.24. The SMILES string of the molecule is CC(C)n1ccc(C(=O)N(CCCN(C)C)c2nc3c(F)cc(F)cc3s2)n1.Cl. The van der Waals surface area contributed by atoms with Crippen molar-refractivity contribution < 1.29 is 13.6 Å². The minimum Gasteiger partial charge on any atom is -0.309 e. The van der Waals surface area contributed by atoms with Gasteiger partial charge in [-0.3, -0.25) is 14.4 Å². The van der Waals surface area contributed by atoms with Crippen LogP contribution in [0.4, 0.5) is 13.9 Å². The summed E-state index contributed by atoms with van der Waals surface area (Å²) >= 11 is 1.09. The number of fused-ring (bicyclic) bond motifs is 1. The number of hydrogen-bond acceptors (Lipinski definition) is 5. The van der Waals surface area contributed by atoms with Gasteiger partial charge >= 0.3 is 0 Å². The Bertz CT molecular complexity index is 988. The summed E-state index contributed by atoms with van der Waals surface area (Å²) in [7, 11) is 3.90. The average molecular weight is 444 g/mol. The van der Waals surface area contributed by atoms with Crippen LogP contribution in [-0.2, 0) is 0 Å². The van der Waals surface area contributed by atoms with Crippen LogP contribution in [0.3, 0.4) is 0 Å². The summed E-state index contributed by atoms with van der Waals surface area (Å²) in [4.78, 5) is 20.9. The summed E-state index contributed by atoms with van der Waals surface area (Å²) in [5.74, 6) is -1.71. The third-order valence-electron chi connectivity index (χ3n) is 4.22. The first-order chi connectivity index (χ1) is 13.3. The van der Waals surface area contributed by atoms with Crippen LogP contribution in [0.1, 0.15) is 36.8 Å². The molecule has 1 amide bonds. The molecule has 2 aromatic heterocycles. The van der Waals surface area contributed by atoms with Gasteiger partial charge in [-0.1, -0.05) is 11.3 Å². The van der Waals surface area contributed by atoms with Gasteiger partial charge in [-0.2, -0.15) is 5.10 Å². The Morgan fingerprint density at radius 1 is 1.24 bits per heavy atom. The lowest BCUT2D eigenvalue weighted by atomic mass is 10.3. The number of anilines is 1. The van der Waals surface area contributed by atoms with Crippen molar-refractivity contribution in [1.29, 1.82) is 0 Å². The Kier molecular flexibility index (Phi) is 7.67. The van der Waals surface area contributed by atoms with Crippen molar-refractivity contribution in [3.05, 3.63) is 41.7 Å². The van der Waals surface area contributed by atoms with Gasteiger partial charge in [-0.15, -0.1) is 12.4 Å². The second-order valence-electron chi connectivity index (χ2n) is 7.12. The van der Waals surface area contributed by atoms with Crippen LogP contribution >= 0.6 is 23.7 Å². The second kappa shape index (κ2) is 9.60. The van der Waals surface area contributed by atoms with E-state index in [-0.39, 0.29) is 29.9 Å². The number of carbonyl (C=O) groups excluding carboxylic acids is 1. The number of aromatic nitrogens is 3. The standard InChI is InChI=1S/C19H23F2N5OS.ClH/c1-12(2)26-9-6-15(23-26)18(27)25(8-5-7-24(3)4)19-22-17-14(21)10-13(20)11-16(17)28-19;/h6,9-12H,5,7-8H2,1-4H3;1H. The van der Waals surface area contributed by atoms with E-state index in [0.717, 1.165) is 23.9 Å². The molecule has 0 spiro atoms. The molecule has 0 fully saturated rings. The third kappa shape index (κ3) is 5.29. The van der Waals surface area contributed by atoms with Crippen molar-refractivity contribution >= 4 is 45.0 Å². The molecule has 29 heavy (non-hydrogen) atoms. The molecule has 0 saturated carbocycles. The molecular formula is C19H24ClF2N5OS. The molecule has 1 aromatic carbocycles. The molecule has 3 aromatic rings. The zero-order valence-corrected chi connectivity index (χ0v) is 18.4. The van der Waals surface area contributed by atoms with Crippen LogP contribution in [0.2, 0.25) is 0 Å². The van der Waals surface area contributed by atoms with Crippen LogP contribution in [0, 0.1) is 11.6 Å². The Balaban J connectivity index is 0.00000300. The van der Waals surface area contributed by atoms with E-state index in [4.69, 9.17) is 0 Å². The number of hydrogen-bond donors (Lipinski definition) is 0. The summed E-state index contributed by atoms with van der Waals surface area (Å²) < 4.78 is 29.7. The number of nitrogens with zero attached hydrogens (tertiary/aromatic N) is 5.